The van der Waals surface area contributed by atoms with Crippen LogP contribution < -0.4 is 0 Å². The fourth-order valence-electron chi connectivity index (χ4n) is 3.31. The minimum atomic E-state index is -1.06. The van der Waals surface area contributed by atoms with Gasteiger partial charge in [0.1, 0.15) is 0 Å². The number of hydrogen-bond donors (Lipinski definition) is 0. The third-order valence-corrected chi connectivity index (χ3v) is 6.01. The fraction of sp³-hybridized carbons (Fsp3) is 1.00. The van der Waals surface area contributed by atoms with Gasteiger partial charge >= 0.3 is 0 Å². The summed E-state index contributed by atoms with van der Waals surface area (Å²) in [6.45, 7) is 0. The molecule has 0 spiro atoms. The summed E-state index contributed by atoms with van der Waals surface area (Å²) in [5, 5.41) is 0. The van der Waals surface area contributed by atoms with E-state index in [1.54, 1.807) is 0 Å². The average Bonchev–Trinajstić information content (AvgIpc) is 2.17. The van der Waals surface area contributed by atoms with Gasteiger partial charge in [0.25, 0.3) is 0 Å². The van der Waals surface area contributed by atoms with Crippen LogP contribution >= 0.6 is 50.7 Å². The van der Waals surface area contributed by atoms with Crippen LogP contribution in [0.5, 0.6) is 0 Å². The van der Waals surface area contributed by atoms with Crippen LogP contribution in [0.2, 0.25) is 0 Å². The SMILES string of the molecule is ClC(Cl)(Cl)[C@@H]1CC[C@H](Br)[C@H]2CCCC[C@@H]21. The highest BCUT2D eigenvalue weighted by atomic mass is 79.9. The second-order valence-electron chi connectivity index (χ2n) is 4.85. The van der Waals surface area contributed by atoms with E-state index in [1.165, 1.54) is 25.7 Å². The highest BCUT2D eigenvalue weighted by Gasteiger charge is 2.47. The summed E-state index contributed by atoms with van der Waals surface area (Å²) in [6.07, 6.45) is 7.39. The molecule has 0 radical (unpaired) electrons. The third kappa shape index (κ3) is 2.78. The van der Waals surface area contributed by atoms with Gasteiger partial charge in [-0.3, -0.25) is 0 Å². The lowest BCUT2D eigenvalue weighted by atomic mass is 9.66. The van der Waals surface area contributed by atoms with Crippen LogP contribution in [-0.2, 0) is 0 Å². The Kier molecular flexibility index (Phi) is 4.20. The molecule has 0 aromatic carbocycles. The van der Waals surface area contributed by atoms with Crippen LogP contribution in [0, 0.1) is 17.8 Å². The van der Waals surface area contributed by atoms with Crippen molar-refractivity contribution in [3.05, 3.63) is 0 Å². The standard InChI is InChI=1S/C11H16BrCl3/c12-10-6-5-9(11(13,14)15)7-3-1-2-4-8(7)10/h7-10H,1-6H2/t7-,8-,9+,10-/m0/s1. The van der Waals surface area contributed by atoms with Crippen molar-refractivity contribution in [1.29, 1.82) is 0 Å². The van der Waals surface area contributed by atoms with E-state index < -0.39 is 3.79 Å². The number of alkyl halides is 4. The molecule has 4 atom stereocenters. The molecule has 0 heterocycles. The molecule has 15 heavy (non-hydrogen) atoms. The molecule has 0 bridgehead atoms. The second-order valence-corrected chi connectivity index (χ2v) is 8.40. The van der Waals surface area contributed by atoms with Crippen molar-refractivity contribution >= 4 is 50.7 Å². The maximum atomic E-state index is 6.10. The summed E-state index contributed by atoms with van der Waals surface area (Å²) >= 11 is 22.1. The molecule has 2 fully saturated rings. The number of rotatable bonds is 0. The van der Waals surface area contributed by atoms with Gasteiger partial charge in [-0.15, -0.1) is 0 Å². The van der Waals surface area contributed by atoms with Crippen molar-refractivity contribution in [2.45, 2.75) is 47.1 Å². The van der Waals surface area contributed by atoms with Gasteiger partial charge in [-0.05, 0) is 37.5 Å². The quantitative estimate of drug-likeness (QED) is 0.525. The Labute approximate surface area is 115 Å². The molecular weight excluding hydrogens is 318 g/mol. The van der Waals surface area contributed by atoms with E-state index in [1.807, 2.05) is 0 Å². The van der Waals surface area contributed by atoms with Crippen LogP contribution in [0.25, 0.3) is 0 Å². The van der Waals surface area contributed by atoms with Crippen molar-refractivity contribution in [3.63, 3.8) is 0 Å². The molecule has 0 N–H and O–H groups in total. The molecule has 0 aromatic heterocycles. The topological polar surface area (TPSA) is 0 Å². The monoisotopic (exact) mass is 332 g/mol. The van der Waals surface area contributed by atoms with Crippen LogP contribution in [0.1, 0.15) is 38.5 Å². The van der Waals surface area contributed by atoms with Crippen molar-refractivity contribution in [3.8, 4) is 0 Å². The Morgan fingerprint density at radius 2 is 1.47 bits per heavy atom. The Morgan fingerprint density at radius 3 is 2.07 bits per heavy atom. The molecular formula is C11H16BrCl3. The van der Waals surface area contributed by atoms with Gasteiger partial charge < -0.3 is 0 Å². The van der Waals surface area contributed by atoms with E-state index in [9.17, 15) is 0 Å². The zero-order valence-corrected chi connectivity index (χ0v) is 12.4. The van der Waals surface area contributed by atoms with Gasteiger partial charge in [-0.25, -0.2) is 0 Å². The lowest BCUT2D eigenvalue weighted by Gasteiger charge is -2.46. The van der Waals surface area contributed by atoms with Gasteiger partial charge in [0.2, 0.25) is 0 Å². The first kappa shape index (κ1) is 12.8. The van der Waals surface area contributed by atoms with E-state index in [2.05, 4.69) is 15.9 Å². The zero-order chi connectivity index (χ0) is 11.1. The smallest absolute Gasteiger partial charge is 0.0888 e. The average molecular weight is 335 g/mol. The molecule has 4 heteroatoms. The van der Waals surface area contributed by atoms with Crippen molar-refractivity contribution in [2.24, 2.45) is 17.8 Å². The van der Waals surface area contributed by atoms with Gasteiger partial charge in [-0.1, -0.05) is 63.6 Å². The number of halogens is 4. The van der Waals surface area contributed by atoms with Crippen LogP contribution in [-0.4, -0.2) is 8.62 Å². The summed E-state index contributed by atoms with van der Waals surface area (Å²) < 4.78 is -1.06. The molecule has 0 unspecified atom stereocenters. The van der Waals surface area contributed by atoms with Crippen LogP contribution in [0.15, 0.2) is 0 Å². The highest BCUT2D eigenvalue weighted by Crippen LogP contribution is 2.53. The molecule has 0 aliphatic heterocycles. The predicted octanol–water partition coefficient (Wildman–Crippen LogP) is 5.34. The molecule has 2 saturated carbocycles. The Morgan fingerprint density at radius 1 is 0.867 bits per heavy atom. The molecule has 88 valence electrons. The largest absolute Gasteiger partial charge is 0.193 e. The second kappa shape index (κ2) is 4.92. The Bertz CT molecular complexity index is 226. The summed E-state index contributed by atoms with van der Waals surface area (Å²) in [6, 6.07) is 0. The van der Waals surface area contributed by atoms with Crippen LogP contribution in [0.4, 0.5) is 0 Å². The molecule has 0 saturated heterocycles. The highest BCUT2D eigenvalue weighted by molar-refractivity contribution is 9.09. The fourth-order valence-corrected chi connectivity index (χ4v) is 5.04. The predicted molar refractivity (Wildman–Crippen MR) is 71.2 cm³/mol. The minimum absolute atomic E-state index is 0.265. The number of fused-ring (bicyclic) bond motifs is 1. The lowest BCUT2D eigenvalue weighted by Crippen LogP contribution is -2.42. The van der Waals surface area contributed by atoms with Gasteiger partial charge in [0.15, 0.2) is 3.79 Å². The first-order valence-electron chi connectivity index (χ1n) is 5.71. The van der Waals surface area contributed by atoms with E-state index in [0.717, 1.165) is 18.8 Å². The zero-order valence-electron chi connectivity index (χ0n) is 8.56. The van der Waals surface area contributed by atoms with E-state index >= 15 is 0 Å². The molecule has 0 aromatic rings. The summed E-state index contributed by atoms with van der Waals surface area (Å²) in [4.78, 5) is 0.645. The maximum Gasteiger partial charge on any atom is 0.193 e. The third-order valence-electron chi connectivity index (χ3n) is 4.03. The van der Waals surface area contributed by atoms with Crippen molar-refractivity contribution < 1.29 is 0 Å². The molecule has 2 aliphatic carbocycles. The molecule has 2 rings (SSSR count). The maximum absolute atomic E-state index is 6.10. The summed E-state index contributed by atoms with van der Waals surface area (Å²) in [5.41, 5.74) is 0. The molecule has 0 nitrogen and oxygen atoms in total. The van der Waals surface area contributed by atoms with Crippen LogP contribution in [0.3, 0.4) is 0 Å². The lowest BCUT2D eigenvalue weighted by molar-refractivity contribution is 0.114. The Hall–Kier alpha value is 1.35. The first-order chi connectivity index (χ1) is 7.00. The minimum Gasteiger partial charge on any atom is -0.0888 e. The molecule has 2 aliphatic rings. The molecule has 0 amide bonds. The van der Waals surface area contributed by atoms with E-state index in [-0.39, 0.29) is 5.92 Å². The van der Waals surface area contributed by atoms with Crippen molar-refractivity contribution in [2.75, 3.05) is 0 Å². The Balaban J connectivity index is 2.14. The van der Waals surface area contributed by atoms with Gasteiger partial charge in [0.05, 0.1) is 0 Å². The van der Waals surface area contributed by atoms with E-state index in [0.29, 0.717) is 10.7 Å². The van der Waals surface area contributed by atoms with Gasteiger partial charge in [0, 0.05) is 10.7 Å². The van der Waals surface area contributed by atoms with Crippen molar-refractivity contribution in [1.82, 2.24) is 0 Å². The normalized spacial score (nSPS) is 42.4. The summed E-state index contributed by atoms with van der Waals surface area (Å²) in [7, 11) is 0. The number of hydrogen-bond acceptors (Lipinski definition) is 0. The first-order valence-corrected chi connectivity index (χ1v) is 7.76. The van der Waals surface area contributed by atoms with E-state index in [4.69, 9.17) is 34.8 Å². The summed E-state index contributed by atoms with van der Waals surface area (Å²) in [5.74, 6) is 1.61. The van der Waals surface area contributed by atoms with Gasteiger partial charge in [-0.2, -0.15) is 0 Å².